The van der Waals surface area contributed by atoms with E-state index in [9.17, 15) is 32.7 Å². The van der Waals surface area contributed by atoms with E-state index >= 15 is 0 Å². The number of halogens is 3. The average molecular weight is 766 g/mol. The first-order valence-corrected chi connectivity index (χ1v) is 18.3. The van der Waals surface area contributed by atoms with Crippen molar-refractivity contribution >= 4 is 23.9 Å². The van der Waals surface area contributed by atoms with E-state index in [1.807, 2.05) is 57.0 Å². The van der Waals surface area contributed by atoms with Crippen LogP contribution in [0.3, 0.4) is 0 Å². The molecule has 3 heterocycles. The number of anilines is 1. The largest absolute Gasteiger partial charge is 0.453 e. The molecule has 2 bridgehead atoms. The number of aliphatic hydroxyl groups excluding tert-OH is 1. The molecule has 0 spiro atoms. The maximum Gasteiger partial charge on any atom is 0.410 e. The molecule has 2 saturated heterocycles. The van der Waals surface area contributed by atoms with Crippen LogP contribution in [0.25, 0.3) is 0 Å². The van der Waals surface area contributed by atoms with Gasteiger partial charge in [0.15, 0.2) is 0 Å². The van der Waals surface area contributed by atoms with Crippen LogP contribution in [-0.2, 0) is 14.3 Å². The van der Waals surface area contributed by atoms with Crippen LogP contribution < -0.4 is 26.6 Å². The summed E-state index contributed by atoms with van der Waals surface area (Å²) in [6.07, 6.45) is -2.20. The lowest BCUT2D eigenvalue weighted by Crippen LogP contribution is -2.62. The lowest BCUT2D eigenvalue weighted by atomic mass is 9.79. The number of rotatable bonds is 14. The standard InChI is InChI=1S/C38H58F3N7O6/c1-10-26(13-11-25-12-16-31(44-18-25)47-20-27-14-15-28(21-47)48(27)35(52)54-36(4,5)6)24(3)23(2)17-29(30(49)19-43-22-42)45-33(50)32(46-34(51)53-9)37(7,8)38(39,40)41/h10,12,16,18,23-24,26-30,32,43,49H,1,14-15,17,19-22,42H2,2-9H3,(H,45,50)(H,46,51)/t23-,24+,26?,27?,28?,29+,30+,32-/m1/s1. The quantitative estimate of drug-likeness (QED) is 0.105. The van der Waals surface area contributed by atoms with Gasteiger partial charge in [0, 0.05) is 44.0 Å². The van der Waals surface area contributed by atoms with E-state index in [-0.39, 0.29) is 55.6 Å². The number of ether oxygens (including phenoxy) is 2. The molecule has 16 heteroatoms. The van der Waals surface area contributed by atoms with Crippen molar-refractivity contribution < 1.29 is 42.1 Å². The lowest BCUT2D eigenvalue weighted by molar-refractivity contribution is -0.220. The summed E-state index contributed by atoms with van der Waals surface area (Å²) in [4.78, 5) is 47.0. The van der Waals surface area contributed by atoms with Gasteiger partial charge in [0.25, 0.3) is 0 Å². The van der Waals surface area contributed by atoms with E-state index in [1.54, 1.807) is 12.3 Å². The van der Waals surface area contributed by atoms with E-state index in [1.165, 1.54) is 0 Å². The number of carbonyl (C=O) groups excluding carboxylic acids is 3. The number of alkyl halides is 3. The zero-order valence-corrected chi connectivity index (χ0v) is 32.6. The van der Waals surface area contributed by atoms with Gasteiger partial charge in [0.05, 0.1) is 36.8 Å². The summed E-state index contributed by atoms with van der Waals surface area (Å²) >= 11 is 0. The van der Waals surface area contributed by atoms with Crippen molar-refractivity contribution in [1.29, 1.82) is 0 Å². The summed E-state index contributed by atoms with van der Waals surface area (Å²) < 4.78 is 52.2. The molecule has 2 fully saturated rings. The maximum atomic E-state index is 14.0. The Kier molecular flexibility index (Phi) is 15.2. The van der Waals surface area contributed by atoms with Crippen LogP contribution in [-0.4, -0.2) is 109 Å². The Morgan fingerprint density at radius 2 is 1.74 bits per heavy atom. The molecule has 0 aliphatic carbocycles. The van der Waals surface area contributed by atoms with Crippen LogP contribution in [0.2, 0.25) is 0 Å². The molecule has 302 valence electrons. The van der Waals surface area contributed by atoms with Gasteiger partial charge in [-0.3, -0.25) is 9.69 Å². The summed E-state index contributed by atoms with van der Waals surface area (Å²) in [5.74, 6) is 5.35. The van der Waals surface area contributed by atoms with E-state index in [4.69, 9.17) is 10.5 Å². The van der Waals surface area contributed by atoms with E-state index in [2.05, 4.69) is 43.7 Å². The number of aromatic nitrogens is 1. The molecule has 8 atom stereocenters. The second kappa shape index (κ2) is 18.5. The molecule has 1 aromatic rings. The third-order valence-electron chi connectivity index (χ3n) is 10.3. The van der Waals surface area contributed by atoms with Crippen LogP contribution in [0, 0.1) is 35.0 Å². The van der Waals surface area contributed by atoms with Crippen molar-refractivity contribution in [3.63, 3.8) is 0 Å². The SMILES string of the molecule is C=CC(C#Cc1ccc(N2CC3CCC(C2)N3C(=O)OC(C)(C)C)nc1)[C@@H](C)[C@H](C)C[C@H](NC(=O)[C@@H](NC(=O)OC)C(C)(C)C(F)(F)F)[C@@H](O)CNCN. The zero-order chi connectivity index (χ0) is 40.6. The normalized spacial score (nSPS) is 20.7. The molecule has 54 heavy (non-hydrogen) atoms. The summed E-state index contributed by atoms with van der Waals surface area (Å²) in [6.45, 7) is 16.3. The molecule has 13 nitrogen and oxygen atoms in total. The smallest absolute Gasteiger partial charge is 0.410 e. The Bertz CT molecular complexity index is 1490. The topological polar surface area (TPSA) is 171 Å². The predicted octanol–water partition coefficient (Wildman–Crippen LogP) is 4.15. The Hall–Kier alpha value is -4.07. The maximum absolute atomic E-state index is 14.0. The summed E-state index contributed by atoms with van der Waals surface area (Å²) in [6, 6.07) is 0.822. The van der Waals surface area contributed by atoms with E-state index in [0.717, 1.165) is 39.6 Å². The number of hydrogen-bond acceptors (Lipinski definition) is 10. The highest BCUT2D eigenvalue weighted by Crippen LogP contribution is 2.41. The highest BCUT2D eigenvalue weighted by molar-refractivity contribution is 5.86. The third-order valence-corrected chi connectivity index (χ3v) is 10.3. The Morgan fingerprint density at radius 1 is 1.11 bits per heavy atom. The summed E-state index contributed by atoms with van der Waals surface area (Å²) in [5, 5.41) is 18.4. The average Bonchev–Trinajstić information content (AvgIpc) is 3.37. The number of allylic oxidation sites excluding steroid dienone is 1. The van der Waals surface area contributed by atoms with Crippen molar-refractivity contribution in [2.45, 2.75) is 110 Å². The number of nitrogens with one attached hydrogen (secondary N) is 3. The molecule has 1 aromatic heterocycles. The van der Waals surface area contributed by atoms with Gasteiger partial charge in [-0.2, -0.15) is 13.2 Å². The molecule has 3 amide bonds. The number of fused-ring (bicyclic) bond motifs is 2. The Morgan fingerprint density at radius 3 is 2.24 bits per heavy atom. The fourth-order valence-corrected chi connectivity index (χ4v) is 6.76. The van der Waals surface area contributed by atoms with Gasteiger partial charge in [0.1, 0.15) is 17.5 Å². The predicted molar refractivity (Wildman–Crippen MR) is 199 cm³/mol. The van der Waals surface area contributed by atoms with Crippen molar-refractivity contribution in [3.8, 4) is 11.8 Å². The van der Waals surface area contributed by atoms with E-state index < -0.39 is 47.4 Å². The van der Waals surface area contributed by atoms with Gasteiger partial charge in [0.2, 0.25) is 5.91 Å². The highest BCUT2D eigenvalue weighted by Gasteiger charge is 2.56. The van der Waals surface area contributed by atoms with Crippen molar-refractivity contribution in [2.24, 2.45) is 28.9 Å². The van der Waals surface area contributed by atoms with Gasteiger partial charge in [-0.15, -0.1) is 6.58 Å². The van der Waals surface area contributed by atoms with Crippen LogP contribution in [0.5, 0.6) is 0 Å². The number of hydrogen-bond donors (Lipinski definition) is 5. The van der Waals surface area contributed by atoms with Crippen LogP contribution >= 0.6 is 0 Å². The molecule has 3 rings (SSSR count). The third kappa shape index (κ3) is 11.5. The number of pyridine rings is 1. The molecule has 6 N–H and O–H groups in total. The first-order valence-electron chi connectivity index (χ1n) is 18.3. The first-order chi connectivity index (χ1) is 25.1. The molecule has 0 aromatic carbocycles. The summed E-state index contributed by atoms with van der Waals surface area (Å²) in [5.41, 5.74) is 2.98. The molecular formula is C38H58F3N7O6. The van der Waals surface area contributed by atoms with Crippen LogP contribution in [0.4, 0.5) is 28.6 Å². The molecule has 0 radical (unpaired) electrons. The van der Waals surface area contributed by atoms with Gasteiger partial charge in [-0.25, -0.2) is 14.6 Å². The minimum Gasteiger partial charge on any atom is -0.453 e. The molecule has 0 saturated carbocycles. The number of methoxy groups -OCH3 is 1. The molecular weight excluding hydrogens is 707 g/mol. The van der Waals surface area contributed by atoms with Crippen LogP contribution in [0.1, 0.15) is 73.3 Å². The van der Waals surface area contributed by atoms with Gasteiger partial charge < -0.3 is 41.2 Å². The number of nitrogens with two attached hydrogens (primary N) is 1. The summed E-state index contributed by atoms with van der Waals surface area (Å²) in [7, 11) is 0.978. The lowest BCUT2D eigenvalue weighted by Gasteiger charge is -2.41. The number of aliphatic hydroxyl groups is 1. The molecule has 2 aliphatic rings. The van der Waals surface area contributed by atoms with Crippen molar-refractivity contribution in [3.05, 3.63) is 36.5 Å². The number of amides is 3. The highest BCUT2D eigenvalue weighted by atomic mass is 19.4. The van der Waals surface area contributed by atoms with Gasteiger partial charge >= 0.3 is 18.4 Å². The minimum atomic E-state index is -4.86. The van der Waals surface area contributed by atoms with E-state index in [0.29, 0.717) is 18.7 Å². The monoisotopic (exact) mass is 765 g/mol. The second-order valence-electron chi connectivity index (χ2n) is 15.8. The minimum absolute atomic E-state index is 0.0209. The molecule has 2 aliphatic heterocycles. The van der Waals surface area contributed by atoms with Gasteiger partial charge in [-0.05, 0) is 77.8 Å². The fraction of sp³-hybridized carbons (Fsp3) is 0.684. The number of nitrogens with zero attached hydrogens (tertiary/aromatic N) is 3. The molecule has 3 unspecified atom stereocenters. The van der Waals surface area contributed by atoms with Crippen molar-refractivity contribution in [2.75, 3.05) is 38.3 Å². The Labute approximate surface area is 317 Å². The first kappa shape index (κ1) is 44.3. The Balaban J connectivity index is 1.71. The zero-order valence-electron chi connectivity index (χ0n) is 32.6. The van der Waals surface area contributed by atoms with Crippen LogP contribution in [0.15, 0.2) is 31.0 Å². The van der Waals surface area contributed by atoms with Gasteiger partial charge in [-0.1, -0.05) is 31.8 Å². The number of alkyl carbamates (subject to hydrolysis) is 1. The number of carbonyl (C=O) groups is 3. The second-order valence-corrected chi connectivity index (χ2v) is 15.8. The number of piperazine rings is 1. The fourth-order valence-electron chi connectivity index (χ4n) is 6.76. The van der Waals surface area contributed by atoms with Crippen molar-refractivity contribution in [1.82, 2.24) is 25.8 Å².